The zero-order valence-electron chi connectivity index (χ0n) is 20.0. The topological polar surface area (TPSA) is 115 Å². The Balaban J connectivity index is 1.67. The number of methoxy groups -OCH3 is 2. The smallest absolute Gasteiger partial charge is 0.343 e. The zero-order valence-corrected chi connectivity index (χ0v) is 20.8. The first kappa shape index (κ1) is 26.2. The fraction of sp³-hybridized carbons (Fsp3) is 0.154. The summed E-state index contributed by atoms with van der Waals surface area (Å²) in [5.74, 6) is -1.31. The van der Waals surface area contributed by atoms with Crippen LogP contribution in [-0.4, -0.2) is 37.7 Å². The van der Waals surface area contributed by atoms with Gasteiger partial charge in [0.1, 0.15) is 5.75 Å². The molecular formula is C26H24ClN3O6. The van der Waals surface area contributed by atoms with Gasteiger partial charge in [0.25, 0.3) is 0 Å². The maximum atomic E-state index is 12.5. The van der Waals surface area contributed by atoms with Gasteiger partial charge in [-0.05, 0) is 74.0 Å². The van der Waals surface area contributed by atoms with Crippen molar-refractivity contribution in [3.63, 3.8) is 0 Å². The van der Waals surface area contributed by atoms with Gasteiger partial charge in [0.2, 0.25) is 0 Å². The number of nitrogens with zero attached hydrogens (tertiary/aromatic N) is 1. The van der Waals surface area contributed by atoms with Crippen molar-refractivity contribution in [2.75, 3.05) is 19.5 Å². The lowest BCUT2D eigenvalue weighted by Crippen LogP contribution is -2.33. The summed E-state index contributed by atoms with van der Waals surface area (Å²) in [7, 11) is 2.97. The number of anilines is 1. The van der Waals surface area contributed by atoms with Gasteiger partial charge in [-0.15, -0.1) is 0 Å². The molecule has 2 N–H and O–H groups in total. The maximum Gasteiger partial charge on any atom is 0.343 e. The first-order chi connectivity index (χ1) is 17.2. The number of hydrogen-bond donors (Lipinski definition) is 2. The molecule has 9 nitrogen and oxygen atoms in total. The standard InChI is InChI=1S/C26H24ClN3O6/c1-15-20(27)6-5-7-21(15)28-24(31)25(32)30-29-16(2)18-10-13-22(23(14-18)35-4)36-26(33)17-8-11-19(34-3)12-9-17/h5-14H,1-4H3,(H,28,31)(H,30,32)/b29-16+. The highest BCUT2D eigenvalue weighted by atomic mass is 35.5. The summed E-state index contributed by atoms with van der Waals surface area (Å²) in [4.78, 5) is 36.9. The Morgan fingerprint density at radius 2 is 1.56 bits per heavy atom. The molecule has 3 aromatic rings. The second-order valence-electron chi connectivity index (χ2n) is 7.49. The SMILES string of the molecule is COc1ccc(C(=O)Oc2ccc(/C(C)=N/NC(=O)C(=O)Nc3cccc(Cl)c3C)cc2OC)cc1. The number of nitrogens with one attached hydrogen (secondary N) is 2. The molecule has 36 heavy (non-hydrogen) atoms. The number of carbonyl (C=O) groups excluding carboxylic acids is 3. The number of hydrogen-bond acceptors (Lipinski definition) is 7. The minimum atomic E-state index is -0.953. The fourth-order valence-electron chi connectivity index (χ4n) is 3.03. The number of hydrazone groups is 1. The number of benzene rings is 3. The summed E-state index contributed by atoms with van der Waals surface area (Å²) in [6.45, 7) is 3.36. The van der Waals surface area contributed by atoms with Gasteiger partial charge in [-0.3, -0.25) is 9.59 Å². The second-order valence-corrected chi connectivity index (χ2v) is 7.90. The molecule has 186 valence electrons. The van der Waals surface area contributed by atoms with Gasteiger partial charge in [-0.2, -0.15) is 5.10 Å². The zero-order chi connectivity index (χ0) is 26.2. The van der Waals surface area contributed by atoms with Gasteiger partial charge in [-0.25, -0.2) is 10.2 Å². The van der Waals surface area contributed by atoms with Crippen LogP contribution >= 0.6 is 11.6 Å². The number of esters is 1. The lowest BCUT2D eigenvalue weighted by molar-refractivity contribution is -0.136. The van der Waals surface area contributed by atoms with E-state index in [0.29, 0.717) is 38.9 Å². The second kappa shape index (κ2) is 11.9. The average molecular weight is 510 g/mol. The van der Waals surface area contributed by atoms with Crippen molar-refractivity contribution in [1.82, 2.24) is 5.43 Å². The third-order valence-corrected chi connectivity index (χ3v) is 5.57. The van der Waals surface area contributed by atoms with Crippen molar-refractivity contribution in [2.24, 2.45) is 5.10 Å². The molecule has 0 atom stereocenters. The van der Waals surface area contributed by atoms with Crippen LogP contribution in [0, 0.1) is 6.92 Å². The van der Waals surface area contributed by atoms with Crippen molar-refractivity contribution in [1.29, 1.82) is 0 Å². The third-order valence-electron chi connectivity index (χ3n) is 5.16. The molecule has 10 heteroatoms. The molecule has 0 aliphatic carbocycles. The van der Waals surface area contributed by atoms with Crippen LogP contribution in [-0.2, 0) is 9.59 Å². The molecule has 0 aliphatic rings. The molecule has 2 amide bonds. The minimum Gasteiger partial charge on any atom is -0.497 e. The Hall–Kier alpha value is -4.37. The summed E-state index contributed by atoms with van der Waals surface area (Å²) in [5, 5.41) is 6.95. The van der Waals surface area contributed by atoms with Crippen molar-refractivity contribution in [2.45, 2.75) is 13.8 Å². The molecule has 0 aliphatic heterocycles. The third kappa shape index (κ3) is 6.39. The van der Waals surface area contributed by atoms with E-state index in [4.69, 9.17) is 25.8 Å². The molecule has 0 bridgehead atoms. The summed E-state index contributed by atoms with van der Waals surface area (Å²) in [5.41, 5.74) is 4.58. The molecule has 0 heterocycles. The van der Waals surface area contributed by atoms with Crippen molar-refractivity contribution in [3.8, 4) is 17.2 Å². The van der Waals surface area contributed by atoms with E-state index >= 15 is 0 Å². The summed E-state index contributed by atoms with van der Waals surface area (Å²) >= 11 is 6.04. The van der Waals surface area contributed by atoms with E-state index in [1.807, 2.05) is 0 Å². The highest BCUT2D eigenvalue weighted by Gasteiger charge is 2.16. The summed E-state index contributed by atoms with van der Waals surface area (Å²) < 4.78 is 15.9. The van der Waals surface area contributed by atoms with Crippen molar-refractivity contribution >= 4 is 40.8 Å². The Bertz CT molecular complexity index is 1320. The Morgan fingerprint density at radius 3 is 2.22 bits per heavy atom. The average Bonchev–Trinajstić information content (AvgIpc) is 2.89. The van der Waals surface area contributed by atoms with E-state index in [-0.39, 0.29) is 11.5 Å². The van der Waals surface area contributed by atoms with Crippen LogP contribution in [0.3, 0.4) is 0 Å². The molecule has 0 fully saturated rings. The van der Waals surface area contributed by atoms with E-state index < -0.39 is 17.8 Å². The monoisotopic (exact) mass is 509 g/mol. The molecule has 3 rings (SSSR count). The highest BCUT2D eigenvalue weighted by molar-refractivity contribution is 6.40. The van der Waals surface area contributed by atoms with Gasteiger partial charge in [-0.1, -0.05) is 17.7 Å². The lowest BCUT2D eigenvalue weighted by atomic mass is 10.1. The van der Waals surface area contributed by atoms with Gasteiger partial charge in [0.05, 0.1) is 25.5 Å². The number of amides is 2. The summed E-state index contributed by atoms with van der Waals surface area (Å²) in [6, 6.07) is 16.2. The van der Waals surface area contributed by atoms with Crippen LogP contribution in [0.25, 0.3) is 0 Å². The first-order valence-electron chi connectivity index (χ1n) is 10.7. The van der Waals surface area contributed by atoms with E-state index in [0.717, 1.165) is 0 Å². The van der Waals surface area contributed by atoms with Gasteiger partial charge in [0, 0.05) is 16.3 Å². The Labute approximate surface area is 213 Å². The van der Waals surface area contributed by atoms with Crippen LogP contribution in [0.2, 0.25) is 5.02 Å². The molecule has 0 saturated carbocycles. The van der Waals surface area contributed by atoms with Gasteiger partial charge in [0.15, 0.2) is 11.5 Å². The van der Waals surface area contributed by atoms with Crippen LogP contribution < -0.4 is 25.0 Å². The van der Waals surface area contributed by atoms with Crippen LogP contribution in [0.15, 0.2) is 65.8 Å². The molecule has 0 radical (unpaired) electrons. The molecule has 0 unspecified atom stereocenters. The number of rotatable bonds is 7. The van der Waals surface area contributed by atoms with E-state index in [1.165, 1.54) is 14.2 Å². The van der Waals surface area contributed by atoms with Crippen molar-refractivity contribution in [3.05, 3.63) is 82.4 Å². The fourth-order valence-corrected chi connectivity index (χ4v) is 3.21. The van der Waals surface area contributed by atoms with Crippen LogP contribution in [0.4, 0.5) is 5.69 Å². The largest absolute Gasteiger partial charge is 0.497 e. The van der Waals surface area contributed by atoms with Gasteiger partial charge >= 0.3 is 17.8 Å². The van der Waals surface area contributed by atoms with E-state index in [9.17, 15) is 14.4 Å². The molecule has 0 aromatic heterocycles. The number of ether oxygens (including phenoxy) is 3. The Morgan fingerprint density at radius 1 is 0.861 bits per heavy atom. The molecule has 0 spiro atoms. The molecular weight excluding hydrogens is 486 g/mol. The maximum absolute atomic E-state index is 12.5. The van der Waals surface area contributed by atoms with Crippen LogP contribution in [0.5, 0.6) is 17.2 Å². The number of halogens is 1. The van der Waals surface area contributed by atoms with Crippen molar-refractivity contribution < 1.29 is 28.6 Å². The van der Waals surface area contributed by atoms with E-state index in [2.05, 4.69) is 15.8 Å². The minimum absolute atomic E-state index is 0.204. The number of carbonyl (C=O) groups is 3. The molecule has 0 saturated heterocycles. The predicted octanol–water partition coefficient (Wildman–Crippen LogP) is 4.36. The molecule has 3 aromatic carbocycles. The first-order valence-corrected chi connectivity index (χ1v) is 11.1. The Kier molecular flexibility index (Phi) is 8.64. The van der Waals surface area contributed by atoms with Gasteiger partial charge < -0.3 is 19.5 Å². The quantitative estimate of drug-likeness (QED) is 0.161. The summed E-state index contributed by atoms with van der Waals surface area (Å²) in [6.07, 6.45) is 0. The van der Waals surface area contributed by atoms with Crippen LogP contribution in [0.1, 0.15) is 28.4 Å². The van der Waals surface area contributed by atoms with E-state index in [1.54, 1.807) is 74.5 Å². The highest BCUT2D eigenvalue weighted by Crippen LogP contribution is 2.29. The lowest BCUT2D eigenvalue weighted by Gasteiger charge is -2.11. The predicted molar refractivity (Wildman–Crippen MR) is 136 cm³/mol. The normalized spacial score (nSPS) is 10.9.